The number of methoxy groups -OCH3 is 1. The summed E-state index contributed by atoms with van der Waals surface area (Å²) in [4.78, 5) is 30.9. The van der Waals surface area contributed by atoms with Crippen LogP contribution in [0.3, 0.4) is 0 Å². The molecule has 1 aliphatic rings. The highest BCUT2D eigenvalue weighted by atomic mass is 32.1. The van der Waals surface area contributed by atoms with Crippen molar-refractivity contribution in [3.8, 4) is 5.75 Å². The van der Waals surface area contributed by atoms with Crippen molar-refractivity contribution in [1.82, 2.24) is 9.80 Å². The van der Waals surface area contributed by atoms with Crippen LogP contribution in [0.25, 0.3) is 0 Å². The van der Waals surface area contributed by atoms with E-state index in [0.717, 1.165) is 17.7 Å². The molecule has 0 bridgehead atoms. The van der Waals surface area contributed by atoms with Gasteiger partial charge >= 0.3 is 0 Å². The Hall–Kier alpha value is -2.60. The number of hydrogen-bond acceptors (Lipinski definition) is 4. The van der Waals surface area contributed by atoms with Gasteiger partial charge in [0.25, 0.3) is 0 Å². The highest BCUT2D eigenvalue weighted by molar-refractivity contribution is 7.10. The summed E-state index contributed by atoms with van der Waals surface area (Å²) in [6, 6.07) is 9.84. The van der Waals surface area contributed by atoms with Crippen molar-refractivity contribution >= 4 is 23.2 Å². The van der Waals surface area contributed by atoms with Crippen LogP contribution in [0.1, 0.15) is 42.3 Å². The molecule has 1 aromatic heterocycles. The zero-order chi connectivity index (χ0) is 21.7. The van der Waals surface area contributed by atoms with Crippen molar-refractivity contribution in [2.45, 2.75) is 32.7 Å². The second kappa shape index (κ2) is 9.94. The lowest BCUT2D eigenvalue weighted by molar-refractivity contribution is -0.141. The summed E-state index contributed by atoms with van der Waals surface area (Å²) in [5, 5.41) is 2.09. The standard InChI is InChI=1S/C24H30N2O3S/c1-5-12-25(22(27)15-17(2)3)16-23(28)26-13-10-21-20(11-14-30-21)24(26)18-6-8-19(29-4)9-7-18/h5-9,11,14,17,24H,1,10,12-13,15-16H2,2-4H3. The number of fused-ring (bicyclic) bond motifs is 1. The fourth-order valence-electron chi connectivity index (χ4n) is 3.87. The molecule has 0 radical (unpaired) electrons. The Bertz CT molecular complexity index is 888. The van der Waals surface area contributed by atoms with E-state index in [9.17, 15) is 9.59 Å². The zero-order valence-electron chi connectivity index (χ0n) is 18.0. The molecule has 0 fully saturated rings. The van der Waals surface area contributed by atoms with Crippen LogP contribution in [0.5, 0.6) is 5.75 Å². The van der Waals surface area contributed by atoms with Crippen molar-refractivity contribution in [2.75, 3.05) is 26.7 Å². The number of rotatable bonds is 8. The molecule has 1 aliphatic heterocycles. The lowest BCUT2D eigenvalue weighted by Gasteiger charge is -2.37. The molecule has 2 amide bonds. The van der Waals surface area contributed by atoms with E-state index in [4.69, 9.17) is 4.74 Å². The van der Waals surface area contributed by atoms with Crippen LogP contribution in [0.15, 0.2) is 48.4 Å². The number of hydrogen-bond donors (Lipinski definition) is 0. The molecule has 0 aliphatic carbocycles. The minimum absolute atomic E-state index is 0.00696. The molecule has 2 aromatic rings. The van der Waals surface area contributed by atoms with Gasteiger partial charge in [-0.3, -0.25) is 9.59 Å². The maximum atomic E-state index is 13.4. The first-order chi connectivity index (χ1) is 14.4. The number of amides is 2. The summed E-state index contributed by atoms with van der Waals surface area (Å²) in [7, 11) is 1.64. The van der Waals surface area contributed by atoms with Gasteiger partial charge in [0.1, 0.15) is 12.3 Å². The number of benzene rings is 1. The largest absolute Gasteiger partial charge is 0.497 e. The Balaban J connectivity index is 1.86. The smallest absolute Gasteiger partial charge is 0.243 e. The van der Waals surface area contributed by atoms with E-state index in [0.29, 0.717) is 19.5 Å². The second-order valence-corrected chi connectivity index (χ2v) is 8.97. The van der Waals surface area contributed by atoms with E-state index >= 15 is 0 Å². The maximum Gasteiger partial charge on any atom is 0.243 e. The summed E-state index contributed by atoms with van der Waals surface area (Å²) in [6.07, 6.45) is 2.95. The quantitative estimate of drug-likeness (QED) is 0.592. The van der Waals surface area contributed by atoms with Gasteiger partial charge in [-0.2, -0.15) is 0 Å². The molecule has 5 nitrogen and oxygen atoms in total. The van der Waals surface area contributed by atoms with Crippen molar-refractivity contribution in [2.24, 2.45) is 5.92 Å². The molecule has 0 N–H and O–H groups in total. The monoisotopic (exact) mass is 426 g/mol. The summed E-state index contributed by atoms with van der Waals surface area (Å²) in [5.41, 5.74) is 2.22. The molecule has 1 unspecified atom stereocenters. The van der Waals surface area contributed by atoms with Crippen molar-refractivity contribution in [3.63, 3.8) is 0 Å². The topological polar surface area (TPSA) is 49.9 Å². The minimum atomic E-state index is -0.149. The summed E-state index contributed by atoms with van der Waals surface area (Å²) < 4.78 is 5.29. The number of thiophene rings is 1. The third-order valence-electron chi connectivity index (χ3n) is 5.33. The second-order valence-electron chi connectivity index (χ2n) is 7.97. The normalized spacial score (nSPS) is 15.6. The molecular weight excluding hydrogens is 396 g/mol. The van der Waals surface area contributed by atoms with Crippen LogP contribution in [0, 0.1) is 5.92 Å². The van der Waals surface area contributed by atoms with Gasteiger partial charge in [0, 0.05) is 24.4 Å². The van der Waals surface area contributed by atoms with Crippen LogP contribution in [0.2, 0.25) is 0 Å². The first kappa shape index (κ1) is 22.1. The number of carbonyl (C=O) groups is 2. The van der Waals surface area contributed by atoms with Gasteiger partial charge in [0.2, 0.25) is 11.8 Å². The van der Waals surface area contributed by atoms with Gasteiger partial charge < -0.3 is 14.5 Å². The number of ether oxygens (including phenoxy) is 1. The summed E-state index contributed by atoms with van der Waals surface area (Å²) >= 11 is 1.74. The highest BCUT2D eigenvalue weighted by Gasteiger charge is 2.33. The Morgan fingerprint density at radius 2 is 2.03 bits per heavy atom. The zero-order valence-corrected chi connectivity index (χ0v) is 18.8. The Morgan fingerprint density at radius 1 is 1.30 bits per heavy atom. The van der Waals surface area contributed by atoms with Crippen molar-refractivity contribution < 1.29 is 14.3 Å². The van der Waals surface area contributed by atoms with Crippen LogP contribution in [-0.2, 0) is 16.0 Å². The minimum Gasteiger partial charge on any atom is -0.497 e. The van der Waals surface area contributed by atoms with E-state index in [1.54, 1.807) is 29.4 Å². The lowest BCUT2D eigenvalue weighted by Crippen LogP contribution is -2.47. The molecule has 30 heavy (non-hydrogen) atoms. The van der Waals surface area contributed by atoms with Crippen LogP contribution < -0.4 is 4.74 Å². The Labute approximate surface area is 182 Å². The third kappa shape index (κ3) is 4.93. The van der Waals surface area contributed by atoms with Crippen LogP contribution >= 0.6 is 11.3 Å². The van der Waals surface area contributed by atoms with Crippen molar-refractivity contribution in [3.05, 3.63) is 64.4 Å². The van der Waals surface area contributed by atoms with Gasteiger partial charge in [-0.1, -0.05) is 32.1 Å². The van der Waals surface area contributed by atoms with Crippen molar-refractivity contribution in [1.29, 1.82) is 0 Å². The lowest BCUT2D eigenvalue weighted by atomic mass is 9.93. The first-order valence-electron chi connectivity index (χ1n) is 10.3. The fraction of sp³-hybridized carbons (Fsp3) is 0.417. The van der Waals surface area contributed by atoms with E-state index in [-0.39, 0.29) is 30.3 Å². The number of nitrogens with zero attached hydrogens (tertiary/aromatic N) is 2. The number of carbonyl (C=O) groups excluding carboxylic acids is 2. The molecule has 0 saturated carbocycles. The van der Waals surface area contributed by atoms with Crippen LogP contribution in [0.4, 0.5) is 0 Å². The third-order valence-corrected chi connectivity index (χ3v) is 6.33. The average Bonchev–Trinajstić information content (AvgIpc) is 3.21. The van der Waals surface area contributed by atoms with E-state index in [2.05, 4.69) is 18.0 Å². The molecule has 1 atom stereocenters. The first-order valence-corrected chi connectivity index (χ1v) is 11.2. The van der Waals surface area contributed by atoms with E-state index in [1.165, 1.54) is 10.4 Å². The molecular formula is C24H30N2O3S. The molecule has 0 spiro atoms. The molecule has 1 aromatic carbocycles. The fourth-order valence-corrected chi connectivity index (χ4v) is 4.78. The average molecular weight is 427 g/mol. The predicted octanol–water partition coefficient (Wildman–Crippen LogP) is 4.29. The molecule has 0 saturated heterocycles. The van der Waals surface area contributed by atoms with Gasteiger partial charge in [-0.15, -0.1) is 17.9 Å². The van der Waals surface area contributed by atoms with Gasteiger partial charge in [0.05, 0.1) is 13.2 Å². The molecule has 6 heteroatoms. The molecule has 3 rings (SSSR count). The Morgan fingerprint density at radius 3 is 2.67 bits per heavy atom. The van der Waals surface area contributed by atoms with Gasteiger partial charge in [0.15, 0.2) is 0 Å². The van der Waals surface area contributed by atoms with Crippen LogP contribution in [-0.4, -0.2) is 48.4 Å². The summed E-state index contributed by atoms with van der Waals surface area (Å²) in [5.74, 6) is 0.990. The predicted molar refractivity (Wildman–Crippen MR) is 121 cm³/mol. The van der Waals surface area contributed by atoms with E-state index in [1.807, 2.05) is 43.0 Å². The van der Waals surface area contributed by atoms with Gasteiger partial charge in [-0.25, -0.2) is 0 Å². The van der Waals surface area contributed by atoms with E-state index < -0.39 is 0 Å². The Kier molecular flexibility index (Phi) is 7.32. The highest BCUT2D eigenvalue weighted by Crippen LogP contribution is 2.38. The molecule has 2 heterocycles. The summed E-state index contributed by atoms with van der Waals surface area (Å²) in [6.45, 7) is 8.86. The van der Waals surface area contributed by atoms with Gasteiger partial charge in [-0.05, 0) is 47.0 Å². The maximum absolute atomic E-state index is 13.4. The SMILES string of the molecule is C=CCN(CC(=O)N1CCc2sccc2C1c1ccc(OC)cc1)C(=O)CC(C)C. The molecule has 160 valence electrons.